The molecular formula is C33H31FN6O7. The van der Waals surface area contributed by atoms with Crippen LogP contribution >= 0.6 is 0 Å². The quantitative estimate of drug-likeness (QED) is 0.173. The number of hydrogen-bond donors (Lipinski definition) is 2. The van der Waals surface area contributed by atoms with E-state index < -0.39 is 11.7 Å². The van der Waals surface area contributed by atoms with Crippen LogP contribution in [-0.2, 0) is 9.59 Å². The van der Waals surface area contributed by atoms with Crippen molar-refractivity contribution in [1.29, 1.82) is 0 Å². The molecule has 242 valence electrons. The molecule has 0 aliphatic carbocycles. The largest absolute Gasteiger partial charge is 0.496 e. The molecule has 0 atom stereocenters. The number of oxazole rings is 1. The van der Waals surface area contributed by atoms with E-state index in [9.17, 15) is 14.0 Å². The highest BCUT2D eigenvalue weighted by Gasteiger charge is 2.23. The molecule has 0 fully saturated rings. The van der Waals surface area contributed by atoms with Gasteiger partial charge in [-0.1, -0.05) is 6.07 Å². The van der Waals surface area contributed by atoms with Crippen LogP contribution in [0.2, 0.25) is 0 Å². The van der Waals surface area contributed by atoms with Gasteiger partial charge in [-0.2, -0.15) is 10.2 Å². The zero-order valence-corrected chi connectivity index (χ0v) is 26.4. The predicted molar refractivity (Wildman–Crippen MR) is 172 cm³/mol. The Balaban J connectivity index is 1.38. The van der Waals surface area contributed by atoms with Crippen LogP contribution in [0, 0.1) is 12.7 Å². The SMILES string of the molecule is COc1ccc(-c2ocnc2-c2cc(OC)c(C)c(OC)c2)cc1O/C=C/C(=O)N(C)c1cccc(F)c1C1=NNC(C(C)=O)=NN1. The van der Waals surface area contributed by atoms with Gasteiger partial charge in [0.1, 0.15) is 23.0 Å². The molecule has 13 nitrogen and oxygen atoms in total. The Kier molecular flexibility index (Phi) is 9.50. The molecular weight excluding hydrogens is 611 g/mol. The molecule has 2 N–H and O–H groups in total. The van der Waals surface area contributed by atoms with Crippen molar-refractivity contribution in [3.8, 4) is 45.6 Å². The van der Waals surface area contributed by atoms with Gasteiger partial charge >= 0.3 is 0 Å². The third-order valence-electron chi connectivity index (χ3n) is 7.23. The van der Waals surface area contributed by atoms with E-state index in [1.165, 1.54) is 56.8 Å². The lowest BCUT2D eigenvalue weighted by atomic mass is 10.0. The van der Waals surface area contributed by atoms with Crippen molar-refractivity contribution in [1.82, 2.24) is 15.8 Å². The van der Waals surface area contributed by atoms with Gasteiger partial charge in [0.15, 0.2) is 35.3 Å². The van der Waals surface area contributed by atoms with Crippen molar-refractivity contribution in [2.45, 2.75) is 13.8 Å². The minimum Gasteiger partial charge on any atom is -0.496 e. The summed E-state index contributed by atoms with van der Waals surface area (Å²) in [5, 5.41) is 7.88. The average molecular weight is 643 g/mol. The number of carbonyl (C=O) groups is 2. The van der Waals surface area contributed by atoms with Crippen LogP contribution in [0.4, 0.5) is 10.1 Å². The van der Waals surface area contributed by atoms with E-state index in [0.717, 1.165) is 5.56 Å². The molecule has 14 heteroatoms. The number of benzene rings is 3. The molecule has 47 heavy (non-hydrogen) atoms. The van der Waals surface area contributed by atoms with Crippen LogP contribution in [0.15, 0.2) is 81.9 Å². The lowest BCUT2D eigenvalue weighted by molar-refractivity contribution is -0.114. The number of anilines is 1. The second-order valence-corrected chi connectivity index (χ2v) is 10.1. The third kappa shape index (κ3) is 6.61. The van der Waals surface area contributed by atoms with Gasteiger partial charge in [-0.3, -0.25) is 20.4 Å². The number of amidine groups is 2. The number of likely N-dealkylation sites (N-methyl/N-ethyl adjacent to an activating group) is 1. The van der Waals surface area contributed by atoms with Crippen LogP contribution < -0.4 is 34.7 Å². The van der Waals surface area contributed by atoms with Gasteiger partial charge in [0.05, 0.1) is 38.8 Å². The Hall–Kier alpha value is -6.18. The fourth-order valence-corrected chi connectivity index (χ4v) is 4.75. The number of ketones is 1. The van der Waals surface area contributed by atoms with Crippen molar-refractivity contribution in [3.63, 3.8) is 0 Å². The molecule has 1 aliphatic rings. The standard InChI is InChI=1S/C33H31FN6O7/c1-18-25(44-5)15-21(16-26(18)45-6)30-31(47-17-35-30)20-10-11-24(43-4)27(14-20)46-13-12-28(42)40(3)23-9-7-8-22(34)29(23)33-38-36-32(19(2)41)37-39-33/h7-17H,1-6H3,(H,36,37)(H,38,39)/b13-12+. The number of nitrogens with zero attached hydrogens (tertiary/aromatic N) is 4. The third-order valence-corrected chi connectivity index (χ3v) is 7.23. The van der Waals surface area contributed by atoms with Gasteiger partial charge in [0.25, 0.3) is 5.91 Å². The number of hydrazone groups is 2. The highest BCUT2D eigenvalue weighted by atomic mass is 19.1. The Labute approximate surface area is 269 Å². The second-order valence-electron chi connectivity index (χ2n) is 10.1. The van der Waals surface area contributed by atoms with E-state index in [-0.39, 0.29) is 34.5 Å². The normalized spacial score (nSPS) is 12.4. The van der Waals surface area contributed by atoms with Gasteiger partial charge in [-0.15, -0.1) is 0 Å². The number of rotatable bonds is 11. The first kappa shape index (κ1) is 32.2. The number of amides is 1. The van der Waals surface area contributed by atoms with Crippen molar-refractivity contribution in [2.24, 2.45) is 10.2 Å². The predicted octanol–water partition coefficient (Wildman–Crippen LogP) is 4.79. The zero-order chi connectivity index (χ0) is 33.7. The molecule has 1 aliphatic heterocycles. The van der Waals surface area contributed by atoms with E-state index in [1.807, 2.05) is 19.1 Å². The molecule has 1 aromatic heterocycles. The molecule has 0 unspecified atom stereocenters. The van der Waals surface area contributed by atoms with Gasteiger partial charge in [0.2, 0.25) is 5.84 Å². The number of halogens is 1. The first-order valence-corrected chi connectivity index (χ1v) is 14.1. The number of nitrogens with one attached hydrogen (secondary N) is 2. The van der Waals surface area contributed by atoms with Crippen LogP contribution in [0.3, 0.4) is 0 Å². The second kappa shape index (κ2) is 13.9. The number of ether oxygens (including phenoxy) is 4. The highest BCUT2D eigenvalue weighted by Crippen LogP contribution is 2.40. The van der Waals surface area contributed by atoms with Gasteiger partial charge in [-0.05, 0) is 49.4 Å². The summed E-state index contributed by atoms with van der Waals surface area (Å²) in [5.74, 6) is 0.794. The van der Waals surface area contributed by atoms with Gasteiger partial charge < -0.3 is 28.3 Å². The molecule has 0 spiro atoms. The minimum atomic E-state index is -0.659. The van der Waals surface area contributed by atoms with E-state index in [4.69, 9.17) is 23.4 Å². The lowest BCUT2D eigenvalue weighted by Gasteiger charge is -2.21. The molecule has 1 amide bonds. The zero-order valence-electron chi connectivity index (χ0n) is 26.4. The van der Waals surface area contributed by atoms with Crippen LogP contribution in [-0.4, -0.2) is 56.7 Å². The van der Waals surface area contributed by atoms with Crippen LogP contribution in [0.1, 0.15) is 18.1 Å². The van der Waals surface area contributed by atoms with E-state index in [2.05, 4.69) is 26.0 Å². The van der Waals surface area contributed by atoms with E-state index in [0.29, 0.717) is 39.8 Å². The Morgan fingerprint density at radius 1 is 0.915 bits per heavy atom. The molecule has 3 aromatic carbocycles. The molecule has 0 saturated carbocycles. The summed E-state index contributed by atoms with van der Waals surface area (Å²) in [5.41, 5.74) is 7.93. The highest BCUT2D eigenvalue weighted by molar-refractivity contribution is 6.38. The summed E-state index contributed by atoms with van der Waals surface area (Å²) < 4.78 is 43.1. The Morgan fingerprint density at radius 2 is 1.62 bits per heavy atom. The Bertz CT molecular complexity index is 1910. The summed E-state index contributed by atoms with van der Waals surface area (Å²) in [6, 6.07) is 13.1. The smallest absolute Gasteiger partial charge is 0.253 e. The number of methoxy groups -OCH3 is 3. The summed E-state index contributed by atoms with van der Waals surface area (Å²) in [6.07, 6.45) is 3.70. The van der Waals surface area contributed by atoms with Crippen molar-refractivity contribution < 1.29 is 37.3 Å². The molecule has 5 rings (SSSR count). The molecule has 0 saturated heterocycles. The van der Waals surface area contributed by atoms with E-state index in [1.54, 1.807) is 38.5 Å². The summed E-state index contributed by atoms with van der Waals surface area (Å²) in [7, 11) is 6.11. The first-order valence-electron chi connectivity index (χ1n) is 14.1. The first-order chi connectivity index (χ1) is 22.7. The maximum atomic E-state index is 15.0. The lowest BCUT2D eigenvalue weighted by Crippen LogP contribution is -2.38. The fraction of sp³-hybridized carbons (Fsp3) is 0.182. The van der Waals surface area contributed by atoms with Crippen molar-refractivity contribution >= 4 is 29.0 Å². The average Bonchev–Trinajstić information content (AvgIpc) is 3.58. The molecule has 2 heterocycles. The number of hydrogen-bond acceptors (Lipinski definition) is 12. The molecule has 4 aromatic rings. The van der Waals surface area contributed by atoms with Crippen LogP contribution in [0.5, 0.6) is 23.0 Å². The topological polar surface area (TPSA) is 149 Å². The Morgan fingerprint density at radius 3 is 2.26 bits per heavy atom. The maximum Gasteiger partial charge on any atom is 0.253 e. The van der Waals surface area contributed by atoms with E-state index >= 15 is 0 Å². The van der Waals surface area contributed by atoms with Crippen LogP contribution in [0.25, 0.3) is 22.6 Å². The fourth-order valence-electron chi connectivity index (χ4n) is 4.75. The molecule has 0 radical (unpaired) electrons. The van der Waals surface area contributed by atoms with Gasteiger partial charge in [-0.25, -0.2) is 9.37 Å². The molecule has 0 bridgehead atoms. The van der Waals surface area contributed by atoms with Crippen molar-refractivity contribution in [2.75, 3.05) is 33.3 Å². The summed E-state index contributed by atoms with van der Waals surface area (Å²) in [4.78, 5) is 30.4. The minimum absolute atomic E-state index is 0.0150. The monoisotopic (exact) mass is 642 g/mol. The number of Topliss-reactive ketones (excluding diaryl/α,β-unsaturated/α-hetero) is 1. The van der Waals surface area contributed by atoms with Crippen molar-refractivity contribution in [3.05, 3.63) is 84.2 Å². The summed E-state index contributed by atoms with van der Waals surface area (Å²) in [6.45, 7) is 3.20. The number of carbonyl (C=O) groups excluding carboxylic acids is 2. The maximum absolute atomic E-state index is 15.0. The summed E-state index contributed by atoms with van der Waals surface area (Å²) >= 11 is 0. The van der Waals surface area contributed by atoms with Gasteiger partial charge in [0, 0.05) is 36.7 Å². The number of aromatic nitrogens is 1.